The summed E-state index contributed by atoms with van der Waals surface area (Å²) in [7, 11) is 0. The Hall–Kier alpha value is -0.0800. The van der Waals surface area contributed by atoms with Gasteiger partial charge in [-0.1, -0.05) is 39.5 Å². The van der Waals surface area contributed by atoms with Crippen LogP contribution in [0.2, 0.25) is 0 Å². The smallest absolute Gasteiger partial charge is 0.0589 e. The summed E-state index contributed by atoms with van der Waals surface area (Å²) in [6.45, 7) is 5.58. The van der Waals surface area contributed by atoms with E-state index in [1.165, 1.54) is 57.8 Å². The number of ether oxygens (including phenoxy) is 1. The minimum Gasteiger partial charge on any atom is -0.378 e. The molecule has 2 heteroatoms. The maximum absolute atomic E-state index is 5.85. The Balaban J connectivity index is 1.80. The molecule has 1 heterocycles. The van der Waals surface area contributed by atoms with Crippen LogP contribution in [-0.2, 0) is 4.74 Å². The van der Waals surface area contributed by atoms with Gasteiger partial charge in [0.2, 0.25) is 0 Å². The minimum absolute atomic E-state index is 0.518. The topological polar surface area (TPSA) is 21.3 Å². The van der Waals surface area contributed by atoms with E-state index in [-0.39, 0.29) is 0 Å². The maximum atomic E-state index is 5.85. The Morgan fingerprint density at radius 2 is 1.94 bits per heavy atom. The molecule has 1 aliphatic heterocycles. The van der Waals surface area contributed by atoms with E-state index in [1.54, 1.807) is 0 Å². The largest absolute Gasteiger partial charge is 0.378 e. The molecule has 0 bridgehead atoms. The third-order valence-electron chi connectivity index (χ3n) is 4.86. The molecule has 4 atom stereocenters. The van der Waals surface area contributed by atoms with Crippen molar-refractivity contribution in [3.05, 3.63) is 0 Å². The molecule has 0 radical (unpaired) electrons. The highest BCUT2D eigenvalue weighted by Gasteiger charge is 2.28. The van der Waals surface area contributed by atoms with Crippen LogP contribution >= 0.6 is 0 Å². The van der Waals surface area contributed by atoms with Gasteiger partial charge in [-0.25, -0.2) is 0 Å². The minimum atomic E-state index is 0.518. The molecule has 4 unspecified atom stereocenters. The SMILES string of the molecule is CCCC1CC(NC2CCCCC2CC)CCO1. The van der Waals surface area contributed by atoms with Crippen molar-refractivity contribution in [2.24, 2.45) is 5.92 Å². The van der Waals surface area contributed by atoms with E-state index in [2.05, 4.69) is 19.2 Å². The summed E-state index contributed by atoms with van der Waals surface area (Å²) in [6, 6.07) is 1.50. The second-order valence-corrected chi connectivity index (χ2v) is 6.23. The van der Waals surface area contributed by atoms with Gasteiger partial charge < -0.3 is 10.1 Å². The van der Waals surface area contributed by atoms with Gasteiger partial charge in [-0.2, -0.15) is 0 Å². The van der Waals surface area contributed by atoms with Gasteiger partial charge in [0.15, 0.2) is 0 Å². The summed E-state index contributed by atoms with van der Waals surface area (Å²) in [5.41, 5.74) is 0. The van der Waals surface area contributed by atoms with Crippen LogP contribution in [0.25, 0.3) is 0 Å². The highest BCUT2D eigenvalue weighted by molar-refractivity contribution is 4.85. The maximum Gasteiger partial charge on any atom is 0.0589 e. The van der Waals surface area contributed by atoms with Crippen LogP contribution in [0, 0.1) is 5.92 Å². The molecule has 1 aliphatic carbocycles. The fourth-order valence-corrected chi connectivity index (χ4v) is 3.77. The van der Waals surface area contributed by atoms with Gasteiger partial charge in [-0.15, -0.1) is 0 Å². The highest BCUT2D eigenvalue weighted by atomic mass is 16.5. The Kier molecular flexibility index (Phi) is 5.97. The monoisotopic (exact) mass is 253 g/mol. The number of nitrogens with one attached hydrogen (secondary N) is 1. The van der Waals surface area contributed by atoms with E-state index in [9.17, 15) is 0 Å². The summed E-state index contributed by atoms with van der Waals surface area (Å²) in [6.07, 6.45) is 12.5. The Morgan fingerprint density at radius 1 is 1.11 bits per heavy atom. The van der Waals surface area contributed by atoms with Gasteiger partial charge in [0, 0.05) is 18.7 Å². The Bertz CT molecular complexity index is 229. The fourth-order valence-electron chi connectivity index (χ4n) is 3.77. The zero-order valence-corrected chi connectivity index (χ0v) is 12.3. The van der Waals surface area contributed by atoms with Crippen molar-refractivity contribution in [1.29, 1.82) is 0 Å². The van der Waals surface area contributed by atoms with Crippen LogP contribution in [0.4, 0.5) is 0 Å². The molecule has 1 N–H and O–H groups in total. The van der Waals surface area contributed by atoms with Gasteiger partial charge in [-0.3, -0.25) is 0 Å². The van der Waals surface area contributed by atoms with Crippen molar-refractivity contribution < 1.29 is 4.74 Å². The molecule has 1 saturated heterocycles. The van der Waals surface area contributed by atoms with Gasteiger partial charge in [0.25, 0.3) is 0 Å². The Morgan fingerprint density at radius 3 is 2.72 bits per heavy atom. The van der Waals surface area contributed by atoms with Crippen LogP contribution in [0.1, 0.15) is 71.6 Å². The van der Waals surface area contributed by atoms with Crippen molar-refractivity contribution in [2.45, 2.75) is 89.8 Å². The number of hydrogen-bond acceptors (Lipinski definition) is 2. The molecule has 2 rings (SSSR count). The standard InChI is InChI=1S/C16H31NO/c1-3-7-15-12-14(10-11-18-15)17-16-9-6-5-8-13(16)4-2/h13-17H,3-12H2,1-2H3. The van der Waals surface area contributed by atoms with Gasteiger partial charge >= 0.3 is 0 Å². The summed E-state index contributed by atoms with van der Waals surface area (Å²) in [4.78, 5) is 0. The lowest BCUT2D eigenvalue weighted by molar-refractivity contribution is -0.00742. The molecule has 0 aromatic carbocycles. The van der Waals surface area contributed by atoms with Gasteiger partial charge in [-0.05, 0) is 38.0 Å². The van der Waals surface area contributed by atoms with Crippen molar-refractivity contribution in [2.75, 3.05) is 6.61 Å². The van der Waals surface area contributed by atoms with Crippen molar-refractivity contribution in [1.82, 2.24) is 5.32 Å². The van der Waals surface area contributed by atoms with E-state index in [0.717, 1.165) is 18.6 Å². The number of rotatable bonds is 5. The predicted octanol–water partition coefficient (Wildman–Crippen LogP) is 3.89. The van der Waals surface area contributed by atoms with Crippen LogP contribution in [-0.4, -0.2) is 24.8 Å². The molecular weight excluding hydrogens is 222 g/mol. The normalized spacial score (nSPS) is 37.7. The molecule has 106 valence electrons. The summed E-state index contributed by atoms with van der Waals surface area (Å²) in [5.74, 6) is 0.922. The molecule has 1 saturated carbocycles. The zero-order chi connectivity index (χ0) is 12.8. The first-order valence-electron chi connectivity index (χ1n) is 8.21. The lowest BCUT2D eigenvalue weighted by atomic mass is 9.82. The zero-order valence-electron chi connectivity index (χ0n) is 12.3. The molecule has 2 fully saturated rings. The van der Waals surface area contributed by atoms with E-state index < -0.39 is 0 Å². The average Bonchev–Trinajstić information content (AvgIpc) is 2.40. The predicted molar refractivity (Wildman–Crippen MR) is 76.8 cm³/mol. The van der Waals surface area contributed by atoms with Gasteiger partial charge in [0.05, 0.1) is 6.10 Å². The lowest BCUT2D eigenvalue weighted by Crippen LogP contribution is -2.47. The Labute approximate surface area is 113 Å². The first-order chi connectivity index (χ1) is 8.83. The van der Waals surface area contributed by atoms with E-state index in [1.807, 2.05) is 0 Å². The first-order valence-corrected chi connectivity index (χ1v) is 8.21. The second kappa shape index (κ2) is 7.49. The molecular formula is C16H31NO. The van der Waals surface area contributed by atoms with Crippen molar-refractivity contribution >= 4 is 0 Å². The van der Waals surface area contributed by atoms with Crippen LogP contribution in [0.3, 0.4) is 0 Å². The average molecular weight is 253 g/mol. The molecule has 0 spiro atoms. The molecule has 0 aromatic rings. The van der Waals surface area contributed by atoms with E-state index >= 15 is 0 Å². The van der Waals surface area contributed by atoms with E-state index in [4.69, 9.17) is 4.74 Å². The summed E-state index contributed by atoms with van der Waals surface area (Å²) < 4.78 is 5.85. The molecule has 2 aliphatic rings. The third kappa shape index (κ3) is 3.96. The number of hydrogen-bond donors (Lipinski definition) is 1. The van der Waals surface area contributed by atoms with Crippen molar-refractivity contribution in [3.63, 3.8) is 0 Å². The molecule has 18 heavy (non-hydrogen) atoms. The molecule has 0 aromatic heterocycles. The molecule has 0 amide bonds. The van der Waals surface area contributed by atoms with E-state index in [0.29, 0.717) is 12.1 Å². The van der Waals surface area contributed by atoms with Crippen LogP contribution < -0.4 is 5.32 Å². The van der Waals surface area contributed by atoms with Crippen molar-refractivity contribution in [3.8, 4) is 0 Å². The highest BCUT2D eigenvalue weighted by Crippen LogP contribution is 2.28. The lowest BCUT2D eigenvalue weighted by Gasteiger charge is -2.38. The van der Waals surface area contributed by atoms with Crippen LogP contribution in [0.5, 0.6) is 0 Å². The van der Waals surface area contributed by atoms with Crippen LogP contribution in [0.15, 0.2) is 0 Å². The quantitative estimate of drug-likeness (QED) is 0.802. The summed E-state index contributed by atoms with van der Waals surface area (Å²) in [5, 5.41) is 3.97. The summed E-state index contributed by atoms with van der Waals surface area (Å²) >= 11 is 0. The molecule has 2 nitrogen and oxygen atoms in total. The second-order valence-electron chi connectivity index (χ2n) is 6.23. The fraction of sp³-hybridized carbons (Fsp3) is 1.00. The third-order valence-corrected chi connectivity index (χ3v) is 4.86. The first kappa shape index (κ1) is 14.3. The van der Waals surface area contributed by atoms with Gasteiger partial charge in [0.1, 0.15) is 0 Å².